The van der Waals surface area contributed by atoms with Gasteiger partial charge in [-0.05, 0) is 71.2 Å². The molecule has 1 heterocycles. The van der Waals surface area contributed by atoms with Crippen LogP contribution in [0.3, 0.4) is 0 Å². The van der Waals surface area contributed by atoms with Gasteiger partial charge in [0.05, 0.1) is 39.5 Å². The summed E-state index contributed by atoms with van der Waals surface area (Å²) in [6, 6.07) is 19.7. The Morgan fingerprint density at radius 1 is 0.600 bits per heavy atom. The first-order valence-corrected chi connectivity index (χ1v) is 11.8. The first-order chi connectivity index (χ1) is 16.3. The van der Waals surface area contributed by atoms with Gasteiger partial charge in [0, 0.05) is 10.8 Å². The lowest BCUT2D eigenvalue weighted by molar-refractivity contribution is 0.590. The molecule has 4 aromatic rings. The van der Waals surface area contributed by atoms with Crippen molar-refractivity contribution in [3.63, 3.8) is 0 Å². The maximum absolute atomic E-state index is 10.2. The Balaban J connectivity index is 2.29. The molecule has 0 spiro atoms. The average molecular weight is 459 g/mol. The van der Waals surface area contributed by atoms with Crippen molar-refractivity contribution in [1.29, 1.82) is 15.8 Å². The van der Waals surface area contributed by atoms with Gasteiger partial charge in [-0.3, -0.25) is 0 Å². The number of hydrogen-bond donors (Lipinski definition) is 0. The molecule has 0 bridgehead atoms. The van der Waals surface area contributed by atoms with Gasteiger partial charge in [-0.15, -0.1) is 0 Å². The van der Waals surface area contributed by atoms with Crippen LogP contribution in [0.25, 0.3) is 27.5 Å². The molecular formula is C31H30N4. The van der Waals surface area contributed by atoms with E-state index in [4.69, 9.17) is 0 Å². The van der Waals surface area contributed by atoms with Gasteiger partial charge >= 0.3 is 0 Å². The van der Waals surface area contributed by atoms with Crippen molar-refractivity contribution >= 4 is 21.8 Å². The number of rotatable bonds is 1. The third kappa shape index (κ3) is 3.65. The van der Waals surface area contributed by atoms with Gasteiger partial charge in [-0.25, -0.2) is 0 Å². The van der Waals surface area contributed by atoms with E-state index in [9.17, 15) is 15.8 Å². The summed E-state index contributed by atoms with van der Waals surface area (Å²) in [6.45, 7) is 16.8. The first-order valence-electron chi connectivity index (χ1n) is 11.8. The minimum absolute atomic E-state index is 0.0263. The summed E-state index contributed by atoms with van der Waals surface area (Å²) < 4.78 is 2.04. The van der Waals surface area contributed by atoms with E-state index in [1.165, 1.54) is 11.1 Å². The molecule has 4 nitrogen and oxygen atoms in total. The lowest BCUT2D eigenvalue weighted by Gasteiger charge is -2.20. The zero-order chi connectivity index (χ0) is 25.9. The SMILES string of the molecule is Cc1c(C#N)c(C)c(C#N)c(-n2c3ccc(C(C)(C)C)cc3c3cc(C(C)(C)C)ccc32)c1C#N. The van der Waals surface area contributed by atoms with E-state index < -0.39 is 0 Å². The van der Waals surface area contributed by atoms with Crippen LogP contribution in [0, 0.1) is 47.8 Å². The molecule has 4 rings (SSSR count). The summed E-state index contributed by atoms with van der Waals surface area (Å²) in [5, 5.41) is 32.3. The van der Waals surface area contributed by atoms with Gasteiger partial charge in [-0.2, -0.15) is 15.8 Å². The largest absolute Gasteiger partial charge is 0.307 e. The third-order valence-electron chi connectivity index (χ3n) is 7.03. The standard InChI is InChI=1S/C31H30N4/c1-18-24(15-32)19(2)26(17-34)29(25(18)16-33)35-27-11-9-20(30(3,4)5)13-22(27)23-14-21(31(6,7)8)10-12-28(23)35/h9-14H,1-8H3. The van der Waals surface area contributed by atoms with Crippen LogP contribution in [-0.2, 0) is 10.8 Å². The molecule has 1 aromatic heterocycles. The predicted octanol–water partition coefficient (Wildman–Crippen LogP) is 7.61. The Morgan fingerprint density at radius 3 is 1.29 bits per heavy atom. The van der Waals surface area contributed by atoms with Gasteiger partial charge in [0.15, 0.2) is 0 Å². The number of fused-ring (bicyclic) bond motifs is 3. The van der Waals surface area contributed by atoms with Crippen LogP contribution in [0.1, 0.15) is 80.5 Å². The molecule has 0 aliphatic heterocycles. The highest BCUT2D eigenvalue weighted by Gasteiger charge is 2.26. The molecule has 0 saturated heterocycles. The summed E-state index contributed by atoms with van der Waals surface area (Å²) >= 11 is 0. The molecule has 0 unspecified atom stereocenters. The Hall–Kier alpha value is -4.07. The highest BCUT2D eigenvalue weighted by atomic mass is 15.0. The minimum Gasteiger partial charge on any atom is -0.307 e. The van der Waals surface area contributed by atoms with E-state index in [0.29, 0.717) is 33.5 Å². The molecule has 0 atom stereocenters. The van der Waals surface area contributed by atoms with Gasteiger partial charge in [0.25, 0.3) is 0 Å². The number of aromatic nitrogens is 1. The van der Waals surface area contributed by atoms with Crippen LogP contribution in [0.15, 0.2) is 36.4 Å². The number of hydrogen-bond acceptors (Lipinski definition) is 3. The smallest absolute Gasteiger partial charge is 0.102 e. The van der Waals surface area contributed by atoms with Crippen LogP contribution >= 0.6 is 0 Å². The Bertz CT molecular complexity index is 1530. The Morgan fingerprint density at radius 2 is 0.971 bits per heavy atom. The van der Waals surface area contributed by atoms with Crippen molar-refractivity contribution in [3.8, 4) is 23.9 Å². The van der Waals surface area contributed by atoms with E-state index in [0.717, 1.165) is 21.8 Å². The molecule has 174 valence electrons. The molecule has 0 saturated carbocycles. The van der Waals surface area contributed by atoms with E-state index in [1.807, 2.05) is 4.57 Å². The minimum atomic E-state index is -0.0263. The second-order valence-corrected chi connectivity index (χ2v) is 11.4. The van der Waals surface area contributed by atoms with Gasteiger partial charge < -0.3 is 4.57 Å². The summed E-state index contributed by atoms with van der Waals surface area (Å²) in [6.07, 6.45) is 0. The lowest BCUT2D eigenvalue weighted by Crippen LogP contribution is -2.11. The average Bonchev–Trinajstić information content (AvgIpc) is 3.10. The lowest BCUT2D eigenvalue weighted by atomic mass is 9.85. The fraction of sp³-hybridized carbons (Fsp3) is 0.323. The van der Waals surface area contributed by atoms with Crippen molar-refractivity contribution in [1.82, 2.24) is 4.57 Å². The van der Waals surface area contributed by atoms with Crippen molar-refractivity contribution in [3.05, 3.63) is 75.3 Å². The van der Waals surface area contributed by atoms with Crippen LogP contribution in [0.4, 0.5) is 0 Å². The molecule has 4 heteroatoms. The van der Waals surface area contributed by atoms with Crippen molar-refractivity contribution < 1.29 is 0 Å². The quantitative estimate of drug-likeness (QED) is 0.294. The van der Waals surface area contributed by atoms with Gasteiger partial charge in [0.2, 0.25) is 0 Å². The molecular weight excluding hydrogens is 428 g/mol. The van der Waals surface area contributed by atoms with Crippen LogP contribution < -0.4 is 0 Å². The van der Waals surface area contributed by atoms with E-state index in [1.54, 1.807) is 13.8 Å². The maximum Gasteiger partial charge on any atom is 0.102 e. The number of benzene rings is 3. The summed E-state index contributed by atoms with van der Waals surface area (Å²) in [7, 11) is 0. The van der Waals surface area contributed by atoms with Crippen LogP contribution in [-0.4, -0.2) is 4.57 Å². The molecule has 0 fully saturated rings. The van der Waals surface area contributed by atoms with E-state index in [-0.39, 0.29) is 10.8 Å². The van der Waals surface area contributed by atoms with Crippen molar-refractivity contribution in [2.24, 2.45) is 0 Å². The van der Waals surface area contributed by atoms with Gasteiger partial charge in [-0.1, -0.05) is 53.7 Å². The predicted molar refractivity (Wildman–Crippen MR) is 142 cm³/mol. The highest BCUT2D eigenvalue weighted by molar-refractivity contribution is 6.10. The highest BCUT2D eigenvalue weighted by Crippen LogP contribution is 2.40. The van der Waals surface area contributed by atoms with Crippen molar-refractivity contribution in [2.75, 3.05) is 0 Å². The fourth-order valence-electron chi connectivity index (χ4n) is 4.87. The molecule has 0 radical (unpaired) electrons. The molecule has 0 aliphatic rings. The summed E-state index contributed by atoms with van der Waals surface area (Å²) in [5.41, 5.74) is 7.16. The summed E-state index contributed by atoms with van der Waals surface area (Å²) in [4.78, 5) is 0. The fourth-order valence-corrected chi connectivity index (χ4v) is 4.87. The molecule has 3 aromatic carbocycles. The second-order valence-electron chi connectivity index (χ2n) is 11.4. The zero-order valence-electron chi connectivity index (χ0n) is 21.8. The van der Waals surface area contributed by atoms with Crippen molar-refractivity contribution in [2.45, 2.75) is 66.2 Å². The first kappa shape index (κ1) is 24.1. The topological polar surface area (TPSA) is 76.3 Å². The van der Waals surface area contributed by atoms with E-state index in [2.05, 4.69) is 96.1 Å². The third-order valence-corrected chi connectivity index (χ3v) is 7.03. The number of nitrogens with zero attached hydrogens (tertiary/aromatic N) is 4. The molecule has 0 amide bonds. The molecule has 0 N–H and O–H groups in total. The monoisotopic (exact) mass is 458 g/mol. The zero-order valence-corrected chi connectivity index (χ0v) is 21.8. The van der Waals surface area contributed by atoms with Crippen LogP contribution in [0.5, 0.6) is 0 Å². The Kier molecular flexibility index (Phi) is 5.51. The summed E-state index contributed by atoms with van der Waals surface area (Å²) in [5.74, 6) is 0. The normalized spacial score (nSPS) is 11.9. The Labute approximate surface area is 207 Å². The maximum atomic E-state index is 10.2. The second kappa shape index (κ2) is 8.01. The van der Waals surface area contributed by atoms with E-state index >= 15 is 0 Å². The molecule has 0 aliphatic carbocycles. The molecule has 35 heavy (non-hydrogen) atoms. The van der Waals surface area contributed by atoms with Gasteiger partial charge in [0.1, 0.15) is 12.1 Å². The van der Waals surface area contributed by atoms with Crippen LogP contribution in [0.2, 0.25) is 0 Å². The number of nitriles is 3.